The van der Waals surface area contributed by atoms with E-state index in [4.69, 9.17) is 15.9 Å². The van der Waals surface area contributed by atoms with Crippen LogP contribution < -0.4 is 11.1 Å². The quantitative estimate of drug-likeness (QED) is 0.256. The van der Waals surface area contributed by atoms with Crippen LogP contribution in [0.5, 0.6) is 0 Å². The van der Waals surface area contributed by atoms with E-state index in [1.165, 1.54) is 49.7 Å². The van der Waals surface area contributed by atoms with Crippen LogP contribution in [-0.2, 0) is 17.6 Å². The molecule has 1 amide bonds. The fraction of sp³-hybridized carbons (Fsp3) is 0.652. The number of aryl methyl sites for hydroxylation is 2. The van der Waals surface area contributed by atoms with E-state index in [1.54, 1.807) is 0 Å². The topological polar surface area (TPSA) is 88.2 Å². The van der Waals surface area contributed by atoms with Crippen molar-refractivity contribution >= 4 is 11.9 Å². The number of benzene rings is 1. The van der Waals surface area contributed by atoms with E-state index in [-0.39, 0.29) is 5.84 Å². The zero-order valence-corrected chi connectivity index (χ0v) is 18.1. The van der Waals surface area contributed by atoms with Crippen molar-refractivity contribution in [1.29, 1.82) is 5.41 Å². The van der Waals surface area contributed by atoms with Crippen molar-refractivity contribution in [2.75, 3.05) is 0 Å². The summed E-state index contributed by atoms with van der Waals surface area (Å²) < 4.78 is 5.25. The minimum Gasteiger partial charge on any atom is -0.444 e. The van der Waals surface area contributed by atoms with Gasteiger partial charge in [-0.15, -0.1) is 0 Å². The molecule has 0 unspecified atom stereocenters. The summed E-state index contributed by atoms with van der Waals surface area (Å²) in [6.07, 6.45) is 9.78. The lowest BCUT2D eigenvalue weighted by molar-refractivity contribution is 0.0516. The lowest BCUT2D eigenvalue weighted by atomic mass is 10.0. The third-order valence-electron chi connectivity index (χ3n) is 4.63. The minimum absolute atomic E-state index is 0.0504. The maximum Gasteiger partial charge on any atom is 0.408 e. The number of alkyl carbamates (subject to hydrolysis) is 1. The Labute approximate surface area is 170 Å². The van der Waals surface area contributed by atoms with Crippen molar-refractivity contribution in [3.05, 3.63) is 35.4 Å². The highest BCUT2D eigenvalue weighted by molar-refractivity contribution is 5.86. The van der Waals surface area contributed by atoms with Crippen molar-refractivity contribution < 1.29 is 9.53 Å². The molecule has 1 aromatic carbocycles. The molecule has 0 heterocycles. The van der Waals surface area contributed by atoms with Crippen LogP contribution >= 0.6 is 0 Å². The van der Waals surface area contributed by atoms with Crippen LogP contribution in [0.15, 0.2) is 24.3 Å². The number of rotatable bonds is 12. The Morgan fingerprint density at radius 3 is 2.11 bits per heavy atom. The summed E-state index contributed by atoms with van der Waals surface area (Å²) in [7, 11) is 0. The molecule has 0 saturated heterocycles. The molecule has 0 fully saturated rings. The molecule has 28 heavy (non-hydrogen) atoms. The standard InChI is InChI=1S/C23H39N3O2/c1-5-6-7-8-9-10-11-18-12-14-19(15-13-18)16-17-20(21(24)25)26-22(27)28-23(2,3)4/h12-15,20H,5-11,16-17H2,1-4H3,(H3,24,25)(H,26,27)/t20-/m1/s1. The summed E-state index contributed by atoms with van der Waals surface area (Å²) >= 11 is 0. The van der Waals surface area contributed by atoms with E-state index in [0.29, 0.717) is 6.42 Å². The number of ether oxygens (including phenoxy) is 1. The van der Waals surface area contributed by atoms with Crippen LogP contribution in [-0.4, -0.2) is 23.6 Å². The lowest BCUT2D eigenvalue weighted by Gasteiger charge is -2.23. The Kier molecular flexibility index (Phi) is 10.6. The largest absolute Gasteiger partial charge is 0.444 e. The Morgan fingerprint density at radius 1 is 1.04 bits per heavy atom. The second-order valence-electron chi connectivity index (χ2n) is 8.53. The number of amidine groups is 1. The third kappa shape index (κ3) is 11.0. The normalized spacial score (nSPS) is 12.4. The molecular formula is C23H39N3O2. The Bertz CT molecular complexity index is 591. The van der Waals surface area contributed by atoms with Crippen molar-refractivity contribution in [2.24, 2.45) is 5.73 Å². The van der Waals surface area contributed by atoms with Gasteiger partial charge in [-0.3, -0.25) is 5.41 Å². The molecule has 0 saturated carbocycles. The van der Waals surface area contributed by atoms with E-state index in [2.05, 4.69) is 36.5 Å². The SMILES string of the molecule is CCCCCCCCc1ccc(CC[C@@H](NC(=O)OC(C)(C)C)C(=N)N)cc1. The molecule has 0 bridgehead atoms. The number of nitrogens with two attached hydrogens (primary N) is 1. The van der Waals surface area contributed by atoms with Gasteiger partial charge in [-0.1, -0.05) is 63.3 Å². The first-order valence-corrected chi connectivity index (χ1v) is 10.6. The number of unbranched alkanes of at least 4 members (excludes halogenated alkanes) is 5. The molecule has 0 aliphatic carbocycles. The first-order chi connectivity index (χ1) is 13.2. The average Bonchev–Trinajstić information content (AvgIpc) is 2.61. The summed E-state index contributed by atoms with van der Waals surface area (Å²) in [6, 6.07) is 8.13. The van der Waals surface area contributed by atoms with Crippen LogP contribution in [0.25, 0.3) is 0 Å². The number of hydrogen-bond donors (Lipinski definition) is 3. The van der Waals surface area contributed by atoms with Crippen LogP contribution in [0.2, 0.25) is 0 Å². The maximum atomic E-state index is 11.9. The Morgan fingerprint density at radius 2 is 1.57 bits per heavy atom. The van der Waals surface area contributed by atoms with Gasteiger partial charge >= 0.3 is 6.09 Å². The second-order valence-corrected chi connectivity index (χ2v) is 8.53. The van der Waals surface area contributed by atoms with Gasteiger partial charge in [0.05, 0.1) is 6.04 Å². The smallest absolute Gasteiger partial charge is 0.408 e. The van der Waals surface area contributed by atoms with E-state index < -0.39 is 17.7 Å². The van der Waals surface area contributed by atoms with Crippen molar-refractivity contribution in [2.45, 2.75) is 97.1 Å². The first kappa shape index (κ1) is 24.0. The molecule has 5 nitrogen and oxygen atoms in total. The summed E-state index contributed by atoms with van der Waals surface area (Å²) in [5, 5.41) is 10.4. The number of hydrogen-bond acceptors (Lipinski definition) is 3. The predicted molar refractivity (Wildman–Crippen MR) is 117 cm³/mol. The first-order valence-electron chi connectivity index (χ1n) is 10.6. The van der Waals surface area contributed by atoms with Gasteiger partial charge in [0, 0.05) is 0 Å². The molecule has 0 aromatic heterocycles. The molecule has 0 spiro atoms. The monoisotopic (exact) mass is 389 g/mol. The molecule has 5 heteroatoms. The molecule has 0 aliphatic rings. The summed E-state index contributed by atoms with van der Waals surface area (Å²) in [5.41, 5.74) is 7.63. The number of nitrogens with one attached hydrogen (secondary N) is 2. The van der Waals surface area contributed by atoms with Gasteiger partial charge < -0.3 is 15.8 Å². The van der Waals surface area contributed by atoms with Crippen LogP contribution in [0, 0.1) is 5.41 Å². The minimum atomic E-state index is -0.572. The number of amides is 1. The Balaban J connectivity index is 2.41. The summed E-state index contributed by atoms with van der Waals surface area (Å²) in [6.45, 7) is 7.67. The van der Waals surface area contributed by atoms with Gasteiger partial charge in [-0.05, 0) is 57.6 Å². The molecule has 0 radical (unpaired) electrons. The van der Waals surface area contributed by atoms with Gasteiger partial charge in [0.25, 0.3) is 0 Å². The van der Waals surface area contributed by atoms with E-state index >= 15 is 0 Å². The molecule has 1 rings (SSSR count). The Hall–Kier alpha value is -2.04. The zero-order valence-electron chi connectivity index (χ0n) is 18.1. The highest BCUT2D eigenvalue weighted by Gasteiger charge is 2.21. The van der Waals surface area contributed by atoms with Gasteiger partial charge in [0.1, 0.15) is 11.4 Å². The molecule has 4 N–H and O–H groups in total. The van der Waals surface area contributed by atoms with Gasteiger partial charge in [0.2, 0.25) is 0 Å². The third-order valence-corrected chi connectivity index (χ3v) is 4.63. The number of carbonyl (C=O) groups excluding carboxylic acids is 1. The lowest BCUT2D eigenvalue weighted by Crippen LogP contribution is -2.46. The maximum absolute atomic E-state index is 11.9. The van der Waals surface area contributed by atoms with Crippen LogP contribution in [0.1, 0.15) is 83.8 Å². The van der Waals surface area contributed by atoms with Crippen molar-refractivity contribution in [3.8, 4) is 0 Å². The van der Waals surface area contributed by atoms with Gasteiger partial charge in [0.15, 0.2) is 0 Å². The molecule has 1 aromatic rings. The zero-order chi connectivity index (χ0) is 21.0. The van der Waals surface area contributed by atoms with Crippen molar-refractivity contribution in [3.63, 3.8) is 0 Å². The van der Waals surface area contributed by atoms with E-state index in [9.17, 15) is 4.79 Å². The number of carbonyl (C=O) groups is 1. The van der Waals surface area contributed by atoms with Crippen molar-refractivity contribution in [1.82, 2.24) is 5.32 Å². The summed E-state index contributed by atoms with van der Waals surface area (Å²) in [5.74, 6) is -0.0504. The highest BCUT2D eigenvalue weighted by atomic mass is 16.6. The fourth-order valence-corrected chi connectivity index (χ4v) is 3.05. The predicted octanol–water partition coefficient (Wildman–Crippen LogP) is 5.35. The van der Waals surface area contributed by atoms with Crippen LogP contribution in [0.4, 0.5) is 4.79 Å². The fourth-order valence-electron chi connectivity index (χ4n) is 3.05. The van der Waals surface area contributed by atoms with Crippen LogP contribution in [0.3, 0.4) is 0 Å². The van der Waals surface area contributed by atoms with E-state index in [0.717, 1.165) is 12.8 Å². The average molecular weight is 390 g/mol. The second kappa shape index (κ2) is 12.4. The molecule has 0 aliphatic heterocycles. The molecule has 1 atom stereocenters. The van der Waals surface area contributed by atoms with Gasteiger partial charge in [-0.25, -0.2) is 4.79 Å². The molecular weight excluding hydrogens is 350 g/mol. The van der Waals surface area contributed by atoms with E-state index in [1.807, 2.05) is 20.8 Å². The summed E-state index contributed by atoms with van der Waals surface area (Å²) in [4.78, 5) is 11.9. The van der Waals surface area contributed by atoms with Gasteiger partial charge in [-0.2, -0.15) is 0 Å². The highest BCUT2D eigenvalue weighted by Crippen LogP contribution is 2.13. The molecule has 158 valence electrons.